The molecule has 0 spiro atoms. The summed E-state index contributed by atoms with van der Waals surface area (Å²) in [4.78, 5) is 0. The molecule has 0 saturated carbocycles. The van der Waals surface area contributed by atoms with Crippen molar-refractivity contribution in [2.24, 2.45) is 5.92 Å². The van der Waals surface area contributed by atoms with E-state index in [2.05, 4.69) is 141 Å². The number of aliphatic hydroxyl groups excluding tert-OH is 1. The lowest BCUT2D eigenvalue weighted by atomic mass is 9.99. The van der Waals surface area contributed by atoms with Gasteiger partial charge in [-0.05, 0) is 59.2 Å². The van der Waals surface area contributed by atoms with Crippen LogP contribution in [0, 0.1) is 17.8 Å². The third-order valence-electron chi connectivity index (χ3n) is 8.05. The van der Waals surface area contributed by atoms with Crippen LogP contribution in [0.1, 0.15) is 74.7 Å². The molecule has 0 aliphatic heterocycles. The lowest BCUT2D eigenvalue weighted by Crippen LogP contribution is -2.67. The highest BCUT2D eigenvalue weighted by Crippen LogP contribution is 2.38. The Morgan fingerprint density at radius 1 is 0.816 bits per heavy atom. The van der Waals surface area contributed by atoms with E-state index in [1.165, 1.54) is 10.4 Å². The minimum atomic E-state index is -2.60. The number of hydrogen-bond donors (Lipinski definition) is 1. The van der Waals surface area contributed by atoms with Crippen LogP contribution in [0.3, 0.4) is 0 Å². The molecule has 0 heterocycles. The summed E-state index contributed by atoms with van der Waals surface area (Å²) in [5, 5.41) is 13.4. The molecule has 2 aromatic rings. The van der Waals surface area contributed by atoms with E-state index >= 15 is 0 Å². The molecule has 0 saturated heterocycles. The van der Waals surface area contributed by atoms with Crippen LogP contribution in [0.5, 0.6) is 0 Å². The van der Waals surface area contributed by atoms with Crippen LogP contribution >= 0.6 is 0 Å². The van der Waals surface area contributed by atoms with E-state index in [9.17, 15) is 5.11 Å². The van der Waals surface area contributed by atoms with Crippen molar-refractivity contribution in [2.75, 3.05) is 6.61 Å². The first-order valence-electron chi connectivity index (χ1n) is 14.2. The topological polar surface area (TPSA) is 38.7 Å². The summed E-state index contributed by atoms with van der Waals surface area (Å²) in [7, 11) is -4.32. The summed E-state index contributed by atoms with van der Waals surface area (Å²) in [6, 6.07) is 21.4. The van der Waals surface area contributed by atoms with Gasteiger partial charge in [-0.1, -0.05) is 121 Å². The van der Waals surface area contributed by atoms with Crippen LogP contribution in [-0.2, 0) is 8.85 Å². The molecule has 0 aliphatic carbocycles. The van der Waals surface area contributed by atoms with E-state index in [0.717, 1.165) is 19.4 Å². The zero-order chi connectivity index (χ0) is 28.6. The summed E-state index contributed by atoms with van der Waals surface area (Å²) in [6.07, 6.45) is 1.73. The van der Waals surface area contributed by atoms with Crippen molar-refractivity contribution in [3.8, 4) is 11.8 Å². The zero-order valence-electron chi connectivity index (χ0n) is 25.6. The molecule has 0 fully saturated rings. The summed E-state index contributed by atoms with van der Waals surface area (Å²) < 4.78 is 13.4. The van der Waals surface area contributed by atoms with E-state index in [-0.39, 0.29) is 22.1 Å². The Bertz CT molecular complexity index is 988. The maximum Gasteiger partial charge on any atom is 0.261 e. The molecule has 0 aromatic heterocycles. The molecular formula is C33H52O3Si2. The van der Waals surface area contributed by atoms with Crippen LogP contribution in [-0.4, -0.2) is 40.6 Å². The fourth-order valence-electron chi connectivity index (χ4n) is 4.59. The summed E-state index contributed by atoms with van der Waals surface area (Å²) >= 11 is 0. The summed E-state index contributed by atoms with van der Waals surface area (Å²) in [6.45, 7) is 23.2. The molecule has 3 nitrogen and oxygen atoms in total. The fourth-order valence-corrected chi connectivity index (χ4v) is 10.4. The Kier molecular flexibility index (Phi) is 11.6. The van der Waals surface area contributed by atoms with Gasteiger partial charge < -0.3 is 14.0 Å². The molecule has 38 heavy (non-hydrogen) atoms. The molecule has 1 unspecified atom stereocenters. The van der Waals surface area contributed by atoms with Crippen molar-refractivity contribution in [1.82, 2.24) is 0 Å². The molecule has 0 aliphatic rings. The van der Waals surface area contributed by atoms with E-state index in [4.69, 9.17) is 8.85 Å². The van der Waals surface area contributed by atoms with Gasteiger partial charge in [0.15, 0.2) is 8.32 Å². The standard InChI is InChI=1S/C33H52O3Si2/c1-27(19-18-26-35-37(9,10)32(3,4)5)31(34)25-17-20-28(2)36-38(33(6,7)8,29-21-13-11-14-22-29)30-23-15-12-16-24-30/h11-16,21-24,27-28,31,34H,18-20,26H2,1-10H3/t27-,28+,31?/m0/s1. The van der Waals surface area contributed by atoms with Gasteiger partial charge in [-0.15, -0.1) is 0 Å². The van der Waals surface area contributed by atoms with Crippen molar-refractivity contribution in [3.05, 3.63) is 60.7 Å². The van der Waals surface area contributed by atoms with Crippen molar-refractivity contribution < 1.29 is 14.0 Å². The highest BCUT2D eigenvalue weighted by atomic mass is 28.4. The van der Waals surface area contributed by atoms with Crippen molar-refractivity contribution in [2.45, 2.75) is 110 Å². The quantitative estimate of drug-likeness (QED) is 0.183. The average molecular weight is 553 g/mol. The van der Waals surface area contributed by atoms with Gasteiger partial charge in [0.1, 0.15) is 6.10 Å². The molecule has 2 aromatic carbocycles. The summed E-state index contributed by atoms with van der Waals surface area (Å²) in [5.74, 6) is 6.47. The molecule has 0 bridgehead atoms. The summed E-state index contributed by atoms with van der Waals surface area (Å²) in [5.41, 5.74) is 0. The predicted molar refractivity (Wildman–Crippen MR) is 168 cm³/mol. The fraction of sp³-hybridized carbons (Fsp3) is 0.576. The molecule has 5 heteroatoms. The Morgan fingerprint density at radius 2 is 1.32 bits per heavy atom. The second kappa shape index (κ2) is 13.6. The smallest absolute Gasteiger partial charge is 0.261 e. The van der Waals surface area contributed by atoms with Crippen LogP contribution in [0.25, 0.3) is 0 Å². The number of hydrogen-bond acceptors (Lipinski definition) is 3. The third-order valence-corrected chi connectivity index (χ3v) is 17.7. The predicted octanol–water partition coefficient (Wildman–Crippen LogP) is 7.14. The SMILES string of the molecule is C[C@H](CC#CC(O)[C@@H](C)CCCO[Si](C)(C)C(C)(C)C)O[Si](c1ccccc1)(c1ccccc1)C(C)(C)C. The molecular weight excluding hydrogens is 501 g/mol. The van der Waals surface area contributed by atoms with Crippen molar-refractivity contribution >= 4 is 27.0 Å². The van der Waals surface area contributed by atoms with Crippen molar-refractivity contribution in [3.63, 3.8) is 0 Å². The lowest BCUT2D eigenvalue weighted by molar-refractivity contribution is 0.157. The Hall–Kier alpha value is -1.69. The van der Waals surface area contributed by atoms with Gasteiger partial charge in [0, 0.05) is 13.0 Å². The van der Waals surface area contributed by atoms with Gasteiger partial charge in [-0.25, -0.2) is 0 Å². The van der Waals surface area contributed by atoms with Crippen LogP contribution < -0.4 is 10.4 Å². The Balaban J connectivity index is 2.06. The molecule has 2 rings (SSSR count). The highest BCUT2D eigenvalue weighted by molar-refractivity contribution is 6.99. The second-order valence-corrected chi connectivity index (χ2v) is 22.4. The highest BCUT2D eigenvalue weighted by Gasteiger charge is 2.50. The van der Waals surface area contributed by atoms with Gasteiger partial charge in [-0.3, -0.25) is 0 Å². The minimum absolute atomic E-state index is 0.0608. The van der Waals surface area contributed by atoms with Crippen LogP contribution in [0.15, 0.2) is 60.7 Å². The Morgan fingerprint density at radius 3 is 1.76 bits per heavy atom. The molecule has 1 N–H and O–H groups in total. The second-order valence-electron chi connectivity index (χ2n) is 13.3. The normalized spacial score (nSPS) is 15.3. The molecule has 0 amide bonds. The third kappa shape index (κ3) is 8.40. The molecule has 3 atom stereocenters. The van der Waals surface area contributed by atoms with E-state index in [1.54, 1.807) is 0 Å². The van der Waals surface area contributed by atoms with Crippen LogP contribution in [0.4, 0.5) is 0 Å². The monoisotopic (exact) mass is 552 g/mol. The molecule has 0 radical (unpaired) electrons. The van der Waals surface area contributed by atoms with E-state index in [1.807, 2.05) is 0 Å². The first-order chi connectivity index (χ1) is 17.6. The maximum atomic E-state index is 10.7. The van der Waals surface area contributed by atoms with Gasteiger partial charge >= 0.3 is 0 Å². The van der Waals surface area contributed by atoms with Gasteiger partial charge in [0.2, 0.25) is 0 Å². The zero-order valence-corrected chi connectivity index (χ0v) is 27.6. The van der Waals surface area contributed by atoms with E-state index in [0.29, 0.717) is 6.42 Å². The number of benzene rings is 2. The molecule has 210 valence electrons. The van der Waals surface area contributed by atoms with E-state index < -0.39 is 22.7 Å². The minimum Gasteiger partial charge on any atom is -0.417 e. The Labute approximate surface area is 235 Å². The first-order valence-corrected chi connectivity index (χ1v) is 19.0. The van der Waals surface area contributed by atoms with Crippen molar-refractivity contribution in [1.29, 1.82) is 0 Å². The number of rotatable bonds is 11. The average Bonchev–Trinajstić information content (AvgIpc) is 2.84. The first kappa shape index (κ1) is 32.5. The number of aliphatic hydroxyl groups is 1. The van der Waals surface area contributed by atoms with Gasteiger partial charge in [0.25, 0.3) is 8.32 Å². The maximum absolute atomic E-state index is 10.7. The van der Waals surface area contributed by atoms with Gasteiger partial charge in [0.05, 0.1) is 6.10 Å². The van der Waals surface area contributed by atoms with Crippen LogP contribution in [0.2, 0.25) is 23.2 Å². The largest absolute Gasteiger partial charge is 0.417 e. The van der Waals surface area contributed by atoms with Gasteiger partial charge in [-0.2, -0.15) is 0 Å². The lowest BCUT2D eigenvalue weighted by Gasteiger charge is -2.44.